The normalized spacial score (nSPS) is 20.8. The summed E-state index contributed by atoms with van der Waals surface area (Å²) in [5.74, 6) is -1.59. The van der Waals surface area contributed by atoms with Crippen LogP contribution in [0, 0.1) is 17.8 Å². The summed E-state index contributed by atoms with van der Waals surface area (Å²) >= 11 is 0. The average Bonchev–Trinajstić information content (AvgIpc) is 4.19. The van der Waals surface area contributed by atoms with E-state index in [-0.39, 0.29) is 78.5 Å². The van der Waals surface area contributed by atoms with Gasteiger partial charge < -0.3 is 54.5 Å². The fraction of sp³-hybridized carbons (Fsp3) is 0.531. The number of amides is 6. The number of rotatable bonds is 24. The number of nitrogens with one attached hydrogen (secondary N) is 3. The van der Waals surface area contributed by atoms with Crippen LogP contribution in [0.25, 0.3) is 11.1 Å². The lowest BCUT2D eigenvalue weighted by atomic mass is 9.90. The van der Waals surface area contributed by atoms with E-state index >= 15 is 0 Å². The minimum absolute atomic E-state index is 0.0747. The predicted molar refractivity (Wildman–Crippen MR) is 310 cm³/mol. The largest absolute Gasteiger partial charge is 0.381 e. The van der Waals surface area contributed by atoms with Crippen molar-refractivity contribution in [2.24, 2.45) is 17.8 Å². The molecule has 0 aromatic heterocycles. The van der Waals surface area contributed by atoms with Crippen LogP contribution in [-0.4, -0.2) is 184 Å². The van der Waals surface area contributed by atoms with Gasteiger partial charge in [-0.3, -0.25) is 28.8 Å². The van der Waals surface area contributed by atoms with E-state index in [1.54, 1.807) is 28.2 Å². The Morgan fingerprint density at radius 3 is 1.28 bits per heavy atom. The maximum atomic E-state index is 14.8. The van der Waals surface area contributed by atoms with Crippen LogP contribution in [0.3, 0.4) is 0 Å². The molecule has 436 valence electrons. The van der Waals surface area contributed by atoms with Crippen LogP contribution in [0.2, 0.25) is 0 Å². The highest BCUT2D eigenvalue weighted by Gasteiger charge is 2.46. The number of ether oxygens (including phenoxy) is 4. The molecule has 4 saturated heterocycles. The number of nitrogens with zero attached hydrogens (tertiary/aromatic N) is 4. The van der Waals surface area contributed by atoms with Gasteiger partial charge in [0, 0.05) is 97.0 Å². The first-order valence-corrected chi connectivity index (χ1v) is 29.2. The van der Waals surface area contributed by atoms with Crippen LogP contribution in [0.15, 0.2) is 109 Å². The van der Waals surface area contributed by atoms with Crippen molar-refractivity contribution >= 4 is 35.4 Å². The summed E-state index contributed by atoms with van der Waals surface area (Å²) in [6.07, 6.45) is 4.35. The zero-order chi connectivity index (χ0) is 57.4. The summed E-state index contributed by atoms with van der Waals surface area (Å²) in [6, 6.07) is 32.1. The van der Waals surface area contributed by atoms with E-state index in [2.05, 4.69) is 16.0 Å². The van der Waals surface area contributed by atoms with Crippen molar-refractivity contribution < 1.29 is 47.7 Å². The SMILES string of the molecule is CN[C@@H](C)C(=O)N[C@H](C(=O)N1CC[C@H](OC)[C@H]1CN(CCc1ccccc1)C(=O)c1ccc(-c2ccc(C(=O)N(CCc3ccccc3)C[C@@H]3[C@@H](OC)CCN3C(=O)[C@@H](NC(=O)C(C)C)C3CCOCC3)cc2)cc1)C1CCOCC1. The predicted octanol–water partition coefficient (Wildman–Crippen LogP) is 6.04. The van der Waals surface area contributed by atoms with Crippen LogP contribution >= 0.6 is 0 Å². The Hall–Kier alpha value is -6.50. The fourth-order valence-electron chi connectivity index (χ4n) is 11.9. The molecule has 0 aliphatic carbocycles. The van der Waals surface area contributed by atoms with Crippen molar-refractivity contribution in [2.75, 3.05) is 87.0 Å². The second-order valence-corrected chi connectivity index (χ2v) is 22.5. The van der Waals surface area contributed by atoms with Crippen molar-refractivity contribution in [1.82, 2.24) is 35.6 Å². The van der Waals surface area contributed by atoms with Gasteiger partial charge in [0.1, 0.15) is 12.1 Å². The maximum Gasteiger partial charge on any atom is 0.253 e. The van der Waals surface area contributed by atoms with Gasteiger partial charge in [0.25, 0.3) is 11.8 Å². The van der Waals surface area contributed by atoms with Crippen LogP contribution in [0.1, 0.15) is 91.1 Å². The molecular weight excluding hydrogens is 1030 g/mol. The lowest BCUT2D eigenvalue weighted by molar-refractivity contribution is -0.141. The molecule has 4 fully saturated rings. The molecule has 17 nitrogen and oxygen atoms in total. The molecule has 4 aliphatic rings. The molecule has 4 aliphatic heterocycles. The first-order valence-electron chi connectivity index (χ1n) is 29.2. The molecule has 0 unspecified atom stereocenters. The summed E-state index contributed by atoms with van der Waals surface area (Å²) in [5.41, 5.74) is 4.85. The number of hydrogen-bond acceptors (Lipinski definition) is 11. The van der Waals surface area contributed by atoms with Crippen molar-refractivity contribution in [1.29, 1.82) is 0 Å². The van der Waals surface area contributed by atoms with Crippen molar-refractivity contribution in [3.63, 3.8) is 0 Å². The third kappa shape index (κ3) is 15.5. The Bertz CT molecular complexity index is 2680. The zero-order valence-corrected chi connectivity index (χ0v) is 48.3. The third-order valence-electron chi connectivity index (χ3n) is 17.1. The second-order valence-electron chi connectivity index (χ2n) is 22.5. The summed E-state index contributed by atoms with van der Waals surface area (Å²) in [4.78, 5) is 93.0. The summed E-state index contributed by atoms with van der Waals surface area (Å²) in [6.45, 7) is 9.61. The first-order chi connectivity index (χ1) is 39.3. The zero-order valence-electron chi connectivity index (χ0n) is 48.3. The minimum atomic E-state index is -0.752. The van der Waals surface area contributed by atoms with Gasteiger partial charge in [-0.2, -0.15) is 0 Å². The molecule has 4 heterocycles. The van der Waals surface area contributed by atoms with Crippen LogP contribution in [0.4, 0.5) is 0 Å². The maximum absolute atomic E-state index is 14.8. The Kier molecular flexibility index (Phi) is 22.0. The molecular formula is C64H85N7O10. The van der Waals surface area contributed by atoms with Crippen LogP contribution in [-0.2, 0) is 51.0 Å². The van der Waals surface area contributed by atoms with Crippen LogP contribution in [0.5, 0.6) is 0 Å². The quantitative estimate of drug-likeness (QED) is 0.0743. The fourth-order valence-corrected chi connectivity index (χ4v) is 11.9. The Labute approximate surface area is 478 Å². The number of likely N-dealkylation sites (N-methyl/N-ethyl adjacent to an activating group) is 1. The van der Waals surface area contributed by atoms with E-state index < -0.39 is 30.2 Å². The lowest BCUT2D eigenvalue weighted by Gasteiger charge is -2.37. The number of hydrogen-bond donors (Lipinski definition) is 3. The molecule has 0 bridgehead atoms. The van der Waals surface area contributed by atoms with Crippen LogP contribution < -0.4 is 16.0 Å². The minimum Gasteiger partial charge on any atom is -0.381 e. The molecule has 81 heavy (non-hydrogen) atoms. The van der Waals surface area contributed by atoms with Crippen molar-refractivity contribution in [2.45, 2.75) is 115 Å². The number of likely N-dealkylation sites (tertiary alicyclic amines) is 2. The van der Waals surface area contributed by atoms with Gasteiger partial charge in [-0.05, 0) is 124 Å². The molecule has 0 radical (unpaired) electrons. The van der Waals surface area contributed by atoms with Gasteiger partial charge in [-0.1, -0.05) is 98.8 Å². The topological polar surface area (TPSA) is 188 Å². The Balaban J connectivity index is 1.00. The van der Waals surface area contributed by atoms with E-state index in [0.29, 0.717) is 115 Å². The molecule has 0 saturated carbocycles. The van der Waals surface area contributed by atoms with E-state index in [0.717, 1.165) is 22.3 Å². The number of carbonyl (C=O) groups excluding carboxylic acids is 6. The summed E-state index contributed by atoms with van der Waals surface area (Å²) in [5, 5.41) is 9.16. The molecule has 17 heteroatoms. The Morgan fingerprint density at radius 1 is 0.543 bits per heavy atom. The van der Waals surface area contributed by atoms with E-state index in [1.165, 1.54) is 0 Å². The van der Waals surface area contributed by atoms with Gasteiger partial charge in [-0.15, -0.1) is 0 Å². The molecule has 0 spiro atoms. The number of methoxy groups -OCH3 is 2. The molecule has 8 rings (SSSR count). The summed E-state index contributed by atoms with van der Waals surface area (Å²) in [7, 11) is 5.00. The van der Waals surface area contributed by atoms with Gasteiger partial charge in [0.2, 0.25) is 23.6 Å². The number of carbonyl (C=O) groups is 6. The highest BCUT2D eigenvalue weighted by atomic mass is 16.5. The van der Waals surface area contributed by atoms with E-state index in [1.807, 2.05) is 143 Å². The highest BCUT2D eigenvalue weighted by Crippen LogP contribution is 2.31. The average molecular weight is 1110 g/mol. The Morgan fingerprint density at radius 2 is 0.926 bits per heavy atom. The van der Waals surface area contributed by atoms with E-state index in [9.17, 15) is 28.8 Å². The molecule has 4 aromatic rings. The van der Waals surface area contributed by atoms with Gasteiger partial charge >= 0.3 is 0 Å². The summed E-state index contributed by atoms with van der Waals surface area (Å²) < 4.78 is 23.4. The highest BCUT2D eigenvalue weighted by molar-refractivity contribution is 5.96. The third-order valence-corrected chi connectivity index (χ3v) is 17.1. The van der Waals surface area contributed by atoms with Crippen molar-refractivity contribution in [3.05, 3.63) is 131 Å². The lowest BCUT2D eigenvalue weighted by Crippen LogP contribution is -2.59. The molecule has 4 aromatic carbocycles. The molecule has 6 amide bonds. The molecule has 7 atom stereocenters. The monoisotopic (exact) mass is 1110 g/mol. The standard InChI is InChI=1S/C64H85N7O10/c1-43(2)59(72)66-57(49-29-37-80-38-30-49)63(76)70-35-27-55(78-5)53(70)41-68(33-25-45-13-9-7-10-14-45)61(74)51-21-17-47(18-22-51)48-19-23-52(24-20-48)62(75)69(34-26-46-15-11-8-12-16-46)42-54-56(79-6)28-36-71(54)64(77)58(50-31-39-81-40-32-50)67-60(73)44(3)65-4/h7-24,43-44,49-50,53-58,65H,25-42H2,1-6H3,(H,66,72)(H,67,73)/t44-,53+,54+,55-,56-,57-,58-/m0/s1. The number of benzene rings is 4. The van der Waals surface area contributed by atoms with Gasteiger partial charge in [0.05, 0.1) is 30.3 Å². The second kappa shape index (κ2) is 29.5. The van der Waals surface area contributed by atoms with Crippen molar-refractivity contribution in [3.8, 4) is 11.1 Å². The first kappa shape index (κ1) is 60.6. The molecule has 3 N–H and O–H groups in total. The van der Waals surface area contributed by atoms with Gasteiger partial charge in [0.15, 0.2) is 0 Å². The van der Waals surface area contributed by atoms with E-state index in [4.69, 9.17) is 18.9 Å². The van der Waals surface area contributed by atoms with Gasteiger partial charge in [-0.25, -0.2) is 0 Å². The smallest absolute Gasteiger partial charge is 0.253 e.